The van der Waals surface area contributed by atoms with Gasteiger partial charge in [0.2, 0.25) is 15.9 Å². The van der Waals surface area contributed by atoms with Gasteiger partial charge in [0, 0.05) is 0 Å². The first-order valence-electron chi connectivity index (χ1n) is 7.43. The molecule has 0 aromatic heterocycles. The molecule has 1 aromatic rings. The van der Waals surface area contributed by atoms with Gasteiger partial charge in [-0.3, -0.25) is 4.79 Å². The molecule has 0 aliphatic carbocycles. The van der Waals surface area contributed by atoms with Crippen LogP contribution in [0.1, 0.15) is 44.4 Å². The molecule has 0 radical (unpaired) electrons. The number of sulfonamides is 1. The molecule has 124 valence electrons. The molecule has 5 nitrogen and oxygen atoms in total. The minimum absolute atomic E-state index is 0.127. The van der Waals surface area contributed by atoms with Crippen molar-refractivity contribution >= 4 is 15.9 Å². The Morgan fingerprint density at radius 1 is 1.18 bits per heavy atom. The lowest BCUT2D eigenvalue weighted by Gasteiger charge is -2.24. The van der Waals surface area contributed by atoms with Crippen molar-refractivity contribution in [1.82, 2.24) is 10.0 Å². The molecular formula is C16H26N2O3S. The van der Waals surface area contributed by atoms with Gasteiger partial charge in [0.1, 0.15) is 0 Å². The van der Waals surface area contributed by atoms with Crippen molar-refractivity contribution in [2.45, 2.75) is 46.2 Å². The maximum atomic E-state index is 12.3. The van der Waals surface area contributed by atoms with Gasteiger partial charge in [-0.25, -0.2) is 13.1 Å². The first kappa shape index (κ1) is 18.6. The number of hydrogen-bond donors (Lipinski definition) is 2. The Bertz CT molecular complexity index is 612. The van der Waals surface area contributed by atoms with Crippen molar-refractivity contribution < 1.29 is 13.2 Å². The minimum atomic E-state index is -3.41. The molecule has 0 fully saturated rings. The normalized spacial score (nSPS) is 14.6. The Morgan fingerprint density at radius 2 is 1.77 bits per heavy atom. The Morgan fingerprint density at radius 3 is 2.27 bits per heavy atom. The fourth-order valence-electron chi connectivity index (χ4n) is 2.38. The van der Waals surface area contributed by atoms with Gasteiger partial charge in [-0.2, -0.15) is 0 Å². The zero-order valence-electron chi connectivity index (χ0n) is 13.9. The smallest absolute Gasteiger partial charge is 0.238 e. The maximum absolute atomic E-state index is 12.3. The summed E-state index contributed by atoms with van der Waals surface area (Å²) in [6.45, 7) is 7.74. The van der Waals surface area contributed by atoms with Gasteiger partial charge in [-0.1, -0.05) is 38.1 Å². The number of carbonyl (C=O) groups excluding carboxylic acids is 1. The molecular weight excluding hydrogens is 300 g/mol. The lowest BCUT2D eigenvalue weighted by atomic mass is 9.93. The van der Waals surface area contributed by atoms with Crippen LogP contribution in [0.4, 0.5) is 0 Å². The molecule has 0 aliphatic rings. The topological polar surface area (TPSA) is 75.3 Å². The Kier molecular flexibility index (Phi) is 6.56. The summed E-state index contributed by atoms with van der Waals surface area (Å²) in [4.78, 5) is 12.3. The van der Waals surface area contributed by atoms with Crippen LogP contribution in [0.5, 0.6) is 0 Å². The van der Waals surface area contributed by atoms with Crippen molar-refractivity contribution in [2.75, 3.05) is 6.26 Å². The molecule has 1 rings (SSSR count). The van der Waals surface area contributed by atoms with E-state index in [4.69, 9.17) is 0 Å². The van der Waals surface area contributed by atoms with Crippen molar-refractivity contribution in [3.63, 3.8) is 0 Å². The highest BCUT2D eigenvalue weighted by Crippen LogP contribution is 2.24. The third-order valence-electron chi connectivity index (χ3n) is 3.37. The van der Waals surface area contributed by atoms with Crippen molar-refractivity contribution in [3.05, 3.63) is 35.4 Å². The number of hydrogen-bond acceptors (Lipinski definition) is 3. The minimum Gasteiger partial charge on any atom is -0.348 e. The number of amides is 1. The summed E-state index contributed by atoms with van der Waals surface area (Å²) < 4.78 is 24.8. The quantitative estimate of drug-likeness (QED) is 0.806. The van der Waals surface area contributed by atoms with Crippen LogP contribution < -0.4 is 10.0 Å². The van der Waals surface area contributed by atoms with Crippen LogP contribution in [0.2, 0.25) is 0 Å². The van der Waals surface area contributed by atoms with Gasteiger partial charge in [0.25, 0.3) is 0 Å². The molecule has 2 atom stereocenters. The van der Waals surface area contributed by atoms with Crippen LogP contribution >= 0.6 is 0 Å². The largest absolute Gasteiger partial charge is 0.348 e. The van der Waals surface area contributed by atoms with Gasteiger partial charge in [-0.05, 0) is 37.3 Å². The van der Waals surface area contributed by atoms with E-state index in [1.165, 1.54) is 0 Å². The lowest BCUT2D eigenvalue weighted by molar-refractivity contribution is -0.123. The summed E-state index contributed by atoms with van der Waals surface area (Å²) >= 11 is 0. The second-order valence-corrected chi connectivity index (χ2v) is 7.94. The number of benzene rings is 1. The van der Waals surface area contributed by atoms with Gasteiger partial charge in [0.05, 0.1) is 18.3 Å². The zero-order valence-corrected chi connectivity index (χ0v) is 14.7. The number of rotatable bonds is 7. The Balaban J connectivity index is 2.91. The summed E-state index contributed by atoms with van der Waals surface area (Å²) in [7, 11) is -3.41. The molecule has 0 aliphatic heterocycles. The molecule has 1 amide bonds. The van der Waals surface area contributed by atoms with Crippen LogP contribution in [-0.2, 0) is 14.8 Å². The third-order valence-corrected chi connectivity index (χ3v) is 4.15. The predicted octanol–water partition coefficient (Wildman–Crippen LogP) is 2.14. The molecule has 0 heterocycles. The van der Waals surface area contributed by atoms with E-state index < -0.39 is 16.1 Å². The van der Waals surface area contributed by atoms with Crippen LogP contribution in [0.15, 0.2) is 24.3 Å². The second-order valence-electron chi connectivity index (χ2n) is 6.16. The number of carbonyl (C=O) groups is 1. The van der Waals surface area contributed by atoms with E-state index in [-0.39, 0.29) is 11.9 Å². The molecule has 0 spiro atoms. The van der Waals surface area contributed by atoms with Crippen molar-refractivity contribution in [2.24, 2.45) is 5.92 Å². The average Bonchev–Trinajstić information content (AvgIpc) is 2.35. The Hall–Kier alpha value is -1.40. The molecule has 0 bridgehead atoms. The highest BCUT2D eigenvalue weighted by Gasteiger charge is 2.22. The van der Waals surface area contributed by atoms with E-state index in [9.17, 15) is 13.2 Å². The molecule has 2 N–H and O–H groups in total. The lowest BCUT2D eigenvalue weighted by Crippen LogP contribution is -2.45. The second kappa shape index (κ2) is 7.74. The number of nitrogens with one attached hydrogen (secondary N) is 2. The molecule has 1 aromatic carbocycles. The molecule has 22 heavy (non-hydrogen) atoms. The first-order valence-corrected chi connectivity index (χ1v) is 9.32. The monoisotopic (exact) mass is 326 g/mol. The fraction of sp³-hybridized carbons (Fsp3) is 0.562. The van der Waals surface area contributed by atoms with Crippen molar-refractivity contribution in [3.8, 4) is 0 Å². The van der Waals surface area contributed by atoms with Crippen LogP contribution in [0.25, 0.3) is 0 Å². The van der Waals surface area contributed by atoms with Gasteiger partial charge in [0.15, 0.2) is 0 Å². The van der Waals surface area contributed by atoms with E-state index >= 15 is 0 Å². The van der Waals surface area contributed by atoms with E-state index in [1.54, 1.807) is 6.92 Å². The summed E-state index contributed by atoms with van der Waals surface area (Å²) in [5.41, 5.74) is 2.17. The summed E-state index contributed by atoms with van der Waals surface area (Å²) in [5.74, 6) is 0.0856. The van der Waals surface area contributed by atoms with Crippen molar-refractivity contribution in [1.29, 1.82) is 0 Å². The standard InChI is InChI=1S/C16H26N2O3S/c1-11(2)10-15(14-9-7-6-8-12(14)3)17-16(19)13(4)18-22(5,20)21/h6-9,11,13,15,18H,10H2,1-5H3,(H,17,19)/t13-,15+/m1/s1. The average molecular weight is 326 g/mol. The van der Waals surface area contributed by atoms with E-state index in [1.807, 2.05) is 31.2 Å². The number of aryl methyl sites for hydroxylation is 1. The van der Waals surface area contributed by atoms with Gasteiger partial charge in [-0.15, -0.1) is 0 Å². The third kappa shape index (κ3) is 6.15. The summed E-state index contributed by atoms with van der Waals surface area (Å²) in [6.07, 6.45) is 1.84. The predicted molar refractivity (Wildman–Crippen MR) is 89.0 cm³/mol. The SMILES string of the molecule is Cc1ccccc1[C@H](CC(C)C)NC(=O)[C@@H](C)NS(C)(=O)=O. The highest BCUT2D eigenvalue weighted by molar-refractivity contribution is 7.88. The molecule has 0 saturated carbocycles. The maximum Gasteiger partial charge on any atom is 0.238 e. The summed E-state index contributed by atoms with van der Waals surface area (Å²) in [5, 5.41) is 2.96. The summed E-state index contributed by atoms with van der Waals surface area (Å²) in [6, 6.07) is 6.98. The van der Waals surface area contributed by atoms with Crippen LogP contribution in [0, 0.1) is 12.8 Å². The fourth-order valence-corrected chi connectivity index (χ4v) is 3.13. The zero-order chi connectivity index (χ0) is 16.9. The van der Waals surface area contributed by atoms with Crippen LogP contribution in [0.3, 0.4) is 0 Å². The van der Waals surface area contributed by atoms with Gasteiger partial charge < -0.3 is 5.32 Å². The first-order chi connectivity index (χ1) is 10.1. The van der Waals surface area contributed by atoms with E-state index in [2.05, 4.69) is 23.9 Å². The molecule has 0 saturated heterocycles. The van der Waals surface area contributed by atoms with Crippen LogP contribution in [-0.4, -0.2) is 26.6 Å². The highest BCUT2D eigenvalue weighted by atomic mass is 32.2. The van der Waals surface area contributed by atoms with Gasteiger partial charge >= 0.3 is 0 Å². The molecule has 0 unspecified atom stereocenters. The van der Waals surface area contributed by atoms with E-state index in [0.717, 1.165) is 23.8 Å². The molecule has 6 heteroatoms. The Labute approximate surface area is 133 Å². The van der Waals surface area contributed by atoms with E-state index in [0.29, 0.717) is 5.92 Å².